The van der Waals surface area contributed by atoms with E-state index >= 15 is 0 Å². The first-order valence-corrected chi connectivity index (χ1v) is 9.38. The van der Waals surface area contributed by atoms with Crippen molar-refractivity contribution in [1.82, 2.24) is 10.2 Å². The molecule has 0 unspecified atom stereocenters. The molecular formula is C15H15N3O5S2. The fourth-order valence-corrected chi connectivity index (χ4v) is 4.35. The van der Waals surface area contributed by atoms with Crippen LogP contribution in [-0.4, -0.2) is 32.8 Å². The van der Waals surface area contributed by atoms with Crippen LogP contribution in [0.1, 0.15) is 5.89 Å². The van der Waals surface area contributed by atoms with Crippen LogP contribution in [0.4, 0.5) is 5.69 Å². The summed E-state index contributed by atoms with van der Waals surface area (Å²) in [5.41, 5.74) is 0.312. The number of nitrogens with zero attached hydrogens (tertiary/aromatic N) is 2. The molecule has 0 atom stereocenters. The Morgan fingerprint density at radius 3 is 2.56 bits per heavy atom. The van der Waals surface area contributed by atoms with Gasteiger partial charge in [0.1, 0.15) is 15.7 Å². The third-order valence-corrected chi connectivity index (χ3v) is 6.17. The minimum atomic E-state index is -3.79. The number of aromatic nitrogens is 2. The Kier molecular flexibility index (Phi) is 4.64. The molecule has 0 saturated carbocycles. The van der Waals surface area contributed by atoms with E-state index in [0.717, 1.165) is 11.3 Å². The van der Waals surface area contributed by atoms with Gasteiger partial charge in [0.05, 0.1) is 24.8 Å². The summed E-state index contributed by atoms with van der Waals surface area (Å²) in [7, 11) is -0.817. The van der Waals surface area contributed by atoms with Gasteiger partial charge < -0.3 is 13.9 Å². The van der Waals surface area contributed by atoms with E-state index in [1.54, 1.807) is 31.2 Å². The molecule has 3 rings (SSSR count). The molecule has 0 spiro atoms. The smallest absolute Gasteiger partial charge is 0.271 e. The van der Waals surface area contributed by atoms with Gasteiger partial charge in [0.25, 0.3) is 15.9 Å². The van der Waals surface area contributed by atoms with Crippen LogP contribution in [-0.2, 0) is 10.0 Å². The van der Waals surface area contributed by atoms with Gasteiger partial charge in [0, 0.05) is 13.0 Å². The van der Waals surface area contributed by atoms with E-state index in [2.05, 4.69) is 14.9 Å². The minimum Gasteiger partial charge on any atom is -0.497 e. The maximum absolute atomic E-state index is 12.6. The molecule has 0 fully saturated rings. The standard InChI is InChI=1S/C15H15N3O5S2/c1-9-16-17-15(23-9)13-6-7-14(24-13)25(19,20)18-11-5-4-10(21-2)8-12(11)22-3/h4-8,18H,1-3H3. The van der Waals surface area contributed by atoms with Crippen molar-refractivity contribution in [2.45, 2.75) is 11.1 Å². The van der Waals surface area contributed by atoms with Crippen molar-refractivity contribution in [3.8, 4) is 22.3 Å². The highest BCUT2D eigenvalue weighted by atomic mass is 32.2. The summed E-state index contributed by atoms with van der Waals surface area (Å²) in [5.74, 6) is 1.61. The lowest BCUT2D eigenvalue weighted by atomic mass is 10.3. The number of benzene rings is 1. The van der Waals surface area contributed by atoms with E-state index in [9.17, 15) is 8.42 Å². The lowest BCUT2D eigenvalue weighted by Crippen LogP contribution is -2.12. The SMILES string of the molecule is COc1ccc(NS(=O)(=O)c2ccc(-c3nnc(C)o3)s2)c(OC)c1. The summed E-state index contributed by atoms with van der Waals surface area (Å²) in [4.78, 5) is 0.572. The molecule has 25 heavy (non-hydrogen) atoms. The third kappa shape index (κ3) is 3.59. The monoisotopic (exact) mass is 381 g/mol. The topological polar surface area (TPSA) is 104 Å². The van der Waals surface area contributed by atoms with Crippen molar-refractivity contribution >= 4 is 27.0 Å². The Labute approximate surface area is 148 Å². The molecule has 132 valence electrons. The molecule has 0 aliphatic rings. The van der Waals surface area contributed by atoms with Crippen LogP contribution in [0.25, 0.3) is 10.8 Å². The Bertz CT molecular complexity index is 994. The van der Waals surface area contributed by atoms with Crippen molar-refractivity contribution in [2.75, 3.05) is 18.9 Å². The second kappa shape index (κ2) is 6.73. The molecule has 8 nitrogen and oxygen atoms in total. The van der Waals surface area contributed by atoms with Crippen LogP contribution in [0.5, 0.6) is 11.5 Å². The van der Waals surface area contributed by atoms with E-state index in [4.69, 9.17) is 13.9 Å². The number of nitrogens with one attached hydrogen (secondary N) is 1. The van der Waals surface area contributed by atoms with Gasteiger partial charge in [-0.1, -0.05) is 0 Å². The number of methoxy groups -OCH3 is 2. The maximum atomic E-state index is 12.6. The molecule has 0 aliphatic heterocycles. The highest BCUT2D eigenvalue weighted by Crippen LogP contribution is 2.34. The minimum absolute atomic E-state index is 0.122. The van der Waals surface area contributed by atoms with E-state index in [-0.39, 0.29) is 10.1 Å². The van der Waals surface area contributed by atoms with Gasteiger partial charge in [-0.25, -0.2) is 8.42 Å². The molecule has 3 aromatic rings. The predicted octanol–water partition coefficient (Wildman–Crippen LogP) is 2.92. The van der Waals surface area contributed by atoms with Gasteiger partial charge in [-0.3, -0.25) is 4.72 Å². The molecule has 0 saturated heterocycles. The number of anilines is 1. The highest BCUT2D eigenvalue weighted by molar-refractivity contribution is 7.94. The van der Waals surface area contributed by atoms with Crippen LogP contribution < -0.4 is 14.2 Å². The van der Waals surface area contributed by atoms with Crippen molar-refractivity contribution in [3.05, 3.63) is 36.2 Å². The number of aryl methyl sites for hydroxylation is 1. The van der Waals surface area contributed by atoms with Gasteiger partial charge in [0.15, 0.2) is 0 Å². The Morgan fingerprint density at radius 1 is 1.12 bits per heavy atom. The van der Waals surface area contributed by atoms with Crippen LogP contribution in [0.2, 0.25) is 0 Å². The molecule has 10 heteroatoms. The van der Waals surface area contributed by atoms with Crippen LogP contribution in [0, 0.1) is 6.92 Å². The number of hydrogen-bond donors (Lipinski definition) is 1. The number of hydrogen-bond acceptors (Lipinski definition) is 8. The Balaban J connectivity index is 1.89. The molecule has 1 N–H and O–H groups in total. The largest absolute Gasteiger partial charge is 0.497 e. The fraction of sp³-hybridized carbons (Fsp3) is 0.200. The zero-order valence-electron chi connectivity index (χ0n) is 13.6. The Hall–Kier alpha value is -2.59. The third-order valence-electron chi connectivity index (χ3n) is 3.24. The van der Waals surface area contributed by atoms with Crippen molar-refractivity contribution < 1.29 is 22.3 Å². The first kappa shape index (κ1) is 17.2. The summed E-state index contributed by atoms with van der Waals surface area (Å²) < 4.78 is 43.5. The quantitative estimate of drug-likeness (QED) is 0.700. The van der Waals surface area contributed by atoms with Gasteiger partial charge in [-0.05, 0) is 24.3 Å². The number of thiophene rings is 1. The lowest BCUT2D eigenvalue weighted by molar-refractivity contribution is 0.395. The van der Waals surface area contributed by atoms with Crippen molar-refractivity contribution in [1.29, 1.82) is 0 Å². The molecule has 1 aromatic carbocycles. The highest BCUT2D eigenvalue weighted by Gasteiger charge is 2.21. The molecule has 2 heterocycles. The summed E-state index contributed by atoms with van der Waals surface area (Å²) in [6.07, 6.45) is 0. The van der Waals surface area contributed by atoms with E-state index < -0.39 is 10.0 Å². The van der Waals surface area contributed by atoms with E-state index in [1.165, 1.54) is 20.3 Å². The number of ether oxygens (including phenoxy) is 2. The molecular weight excluding hydrogens is 366 g/mol. The maximum Gasteiger partial charge on any atom is 0.271 e. The summed E-state index contributed by atoms with van der Waals surface area (Å²) in [6.45, 7) is 1.67. The summed E-state index contributed by atoms with van der Waals surface area (Å²) in [6, 6.07) is 7.92. The van der Waals surface area contributed by atoms with Crippen LogP contribution in [0.3, 0.4) is 0 Å². The normalized spacial score (nSPS) is 11.3. The van der Waals surface area contributed by atoms with Crippen molar-refractivity contribution in [3.63, 3.8) is 0 Å². The molecule has 0 aliphatic carbocycles. The van der Waals surface area contributed by atoms with Crippen molar-refractivity contribution in [2.24, 2.45) is 0 Å². The summed E-state index contributed by atoms with van der Waals surface area (Å²) in [5, 5.41) is 7.62. The zero-order chi connectivity index (χ0) is 18.0. The first-order chi connectivity index (χ1) is 11.9. The second-order valence-corrected chi connectivity index (χ2v) is 7.91. The number of rotatable bonds is 6. The predicted molar refractivity (Wildman–Crippen MR) is 92.7 cm³/mol. The number of sulfonamides is 1. The van der Waals surface area contributed by atoms with Gasteiger partial charge in [-0.15, -0.1) is 21.5 Å². The lowest BCUT2D eigenvalue weighted by Gasteiger charge is -2.12. The Morgan fingerprint density at radius 2 is 1.92 bits per heavy atom. The van der Waals surface area contributed by atoms with E-state index in [0.29, 0.717) is 28.0 Å². The zero-order valence-corrected chi connectivity index (χ0v) is 15.3. The molecule has 2 aromatic heterocycles. The molecule has 0 bridgehead atoms. The molecule has 0 amide bonds. The fourth-order valence-electron chi connectivity index (χ4n) is 2.05. The average molecular weight is 381 g/mol. The van der Waals surface area contributed by atoms with Crippen LogP contribution >= 0.6 is 11.3 Å². The van der Waals surface area contributed by atoms with Gasteiger partial charge in [0.2, 0.25) is 5.89 Å². The average Bonchev–Trinajstić information content (AvgIpc) is 3.24. The summed E-state index contributed by atoms with van der Waals surface area (Å²) >= 11 is 1.03. The second-order valence-electron chi connectivity index (χ2n) is 4.92. The first-order valence-electron chi connectivity index (χ1n) is 7.08. The molecule has 0 radical (unpaired) electrons. The van der Waals surface area contributed by atoms with Gasteiger partial charge in [-0.2, -0.15) is 0 Å². The van der Waals surface area contributed by atoms with Crippen LogP contribution in [0.15, 0.2) is 39.0 Å². The van der Waals surface area contributed by atoms with E-state index in [1.807, 2.05) is 0 Å². The van der Waals surface area contributed by atoms with Gasteiger partial charge >= 0.3 is 0 Å².